The highest BCUT2D eigenvalue weighted by molar-refractivity contribution is 8.01. The van der Waals surface area contributed by atoms with Gasteiger partial charge in [-0.05, 0) is 0 Å². The van der Waals surface area contributed by atoms with Gasteiger partial charge in [0.2, 0.25) is 0 Å². The zero-order valence-corrected chi connectivity index (χ0v) is 9.83. The number of ketones is 1. The van der Waals surface area contributed by atoms with Crippen molar-refractivity contribution < 1.29 is 14.3 Å². The van der Waals surface area contributed by atoms with E-state index in [-0.39, 0.29) is 0 Å². The fraction of sp³-hybridized carbons (Fsp3) is 0.889. The SMILES string of the molecule is O=C1CSCCOCCOCCSC1. The van der Waals surface area contributed by atoms with Crippen molar-refractivity contribution in [1.82, 2.24) is 0 Å². The summed E-state index contributed by atoms with van der Waals surface area (Å²) in [5.74, 6) is 3.36. The Morgan fingerprint density at radius 1 is 0.857 bits per heavy atom. The first-order chi connectivity index (χ1) is 6.89. The van der Waals surface area contributed by atoms with Crippen LogP contribution >= 0.6 is 23.5 Å². The van der Waals surface area contributed by atoms with Crippen molar-refractivity contribution in [1.29, 1.82) is 0 Å². The van der Waals surface area contributed by atoms with Gasteiger partial charge in [0, 0.05) is 11.5 Å². The second kappa shape index (κ2) is 8.59. The third-order valence-corrected chi connectivity index (χ3v) is 3.61. The molecule has 1 aliphatic rings. The monoisotopic (exact) mass is 236 g/mol. The van der Waals surface area contributed by atoms with Gasteiger partial charge < -0.3 is 9.47 Å². The summed E-state index contributed by atoms with van der Waals surface area (Å²) in [5, 5.41) is 0. The third-order valence-electron chi connectivity index (χ3n) is 1.64. The Labute approximate surface area is 93.3 Å². The van der Waals surface area contributed by atoms with Crippen LogP contribution in [0.3, 0.4) is 0 Å². The molecule has 3 nitrogen and oxygen atoms in total. The highest BCUT2D eigenvalue weighted by Crippen LogP contribution is 2.06. The minimum atomic E-state index is 0.319. The maximum absolute atomic E-state index is 11.3. The second-order valence-corrected chi connectivity index (χ2v) is 5.08. The van der Waals surface area contributed by atoms with E-state index in [1.807, 2.05) is 0 Å². The van der Waals surface area contributed by atoms with E-state index in [9.17, 15) is 4.79 Å². The van der Waals surface area contributed by atoms with Gasteiger partial charge in [0.05, 0.1) is 37.9 Å². The number of thioether (sulfide) groups is 2. The molecule has 0 amide bonds. The summed E-state index contributed by atoms with van der Waals surface area (Å²) < 4.78 is 10.6. The van der Waals surface area contributed by atoms with Crippen molar-refractivity contribution in [2.75, 3.05) is 49.4 Å². The van der Waals surface area contributed by atoms with Crippen LogP contribution < -0.4 is 0 Å². The molecule has 1 saturated heterocycles. The lowest BCUT2D eigenvalue weighted by Crippen LogP contribution is -2.07. The van der Waals surface area contributed by atoms with Crippen LogP contribution in [0.2, 0.25) is 0 Å². The van der Waals surface area contributed by atoms with Crippen molar-refractivity contribution in [3.05, 3.63) is 0 Å². The van der Waals surface area contributed by atoms with Crippen LogP contribution in [0.25, 0.3) is 0 Å². The summed E-state index contributed by atoms with van der Waals surface area (Å²) in [4.78, 5) is 11.3. The van der Waals surface area contributed by atoms with Crippen LogP contribution in [0.4, 0.5) is 0 Å². The van der Waals surface area contributed by atoms with Crippen molar-refractivity contribution in [2.45, 2.75) is 0 Å². The van der Waals surface area contributed by atoms with Gasteiger partial charge in [-0.3, -0.25) is 4.79 Å². The summed E-state index contributed by atoms with van der Waals surface area (Å²) in [6, 6.07) is 0. The first-order valence-corrected chi connectivity index (χ1v) is 7.03. The molecule has 0 N–H and O–H groups in total. The molecule has 0 aromatic heterocycles. The topological polar surface area (TPSA) is 35.5 Å². The van der Waals surface area contributed by atoms with E-state index < -0.39 is 0 Å². The first-order valence-electron chi connectivity index (χ1n) is 4.72. The van der Waals surface area contributed by atoms with Crippen LogP contribution in [0.15, 0.2) is 0 Å². The normalized spacial score (nSPS) is 23.3. The molecule has 0 saturated carbocycles. The number of Topliss-reactive ketones (excluding diaryl/α,β-unsaturated/α-hetero) is 1. The maximum Gasteiger partial charge on any atom is 0.152 e. The van der Waals surface area contributed by atoms with E-state index in [1.54, 1.807) is 23.5 Å². The molecule has 0 unspecified atom stereocenters. The van der Waals surface area contributed by atoms with Crippen LogP contribution in [-0.2, 0) is 14.3 Å². The molecule has 82 valence electrons. The van der Waals surface area contributed by atoms with Crippen LogP contribution in [0.5, 0.6) is 0 Å². The van der Waals surface area contributed by atoms with Gasteiger partial charge in [0.15, 0.2) is 5.78 Å². The van der Waals surface area contributed by atoms with Gasteiger partial charge in [0.25, 0.3) is 0 Å². The fourth-order valence-corrected chi connectivity index (χ4v) is 2.52. The van der Waals surface area contributed by atoms with E-state index in [2.05, 4.69) is 0 Å². The largest absolute Gasteiger partial charge is 0.378 e. The van der Waals surface area contributed by atoms with Gasteiger partial charge in [-0.1, -0.05) is 0 Å². The van der Waals surface area contributed by atoms with Crippen molar-refractivity contribution in [3.8, 4) is 0 Å². The highest BCUT2D eigenvalue weighted by atomic mass is 32.2. The van der Waals surface area contributed by atoms with Crippen LogP contribution in [0, 0.1) is 0 Å². The van der Waals surface area contributed by atoms with E-state index in [0.29, 0.717) is 43.7 Å². The van der Waals surface area contributed by atoms with Crippen LogP contribution in [0.1, 0.15) is 0 Å². The minimum Gasteiger partial charge on any atom is -0.378 e. The summed E-state index contributed by atoms with van der Waals surface area (Å²) in [6.45, 7) is 2.77. The molecule has 5 heteroatoms. The Hall–Kier alpha value is 0.290. The zero-order chi connectivity index (χ0) is 10.1. The van der Waals surface area contributed by atoms with Gasteiger partial charge >= 0.3 is 0 Å². The average molecular weight is 236 g/mol. The Kier molecular flexibility index (Phi) is 7.58. The molecule has 1 fully saturated rings. The first kappa shape index (κ1) is 12.4. The lowest BCUT2D eigenvalue weighted by molar-refractivity contribution is -0.114. The fourth-order valence-electron chi connectivity index (χ4n) is 0.971. The van der Waals surface area contributed by atoms with Crippen molar-refractivity contribution in [2.24, 2.45) is 0 Å². The molecule has 0 atom stereocenters. The van der Waals surface area contributed by atoms with E-state index in [1.165, 1.54) is 0 Å². The van der Waals surface area contributed by atoms with E-state index in [0.717, 1.165) is 11.5 Å². The predicted octanol–water partition coefficient (Wildman–Crippen LogP) is 1.07. The van der Waals surface area contributed by atoms with E-state index >= 15 is 0 Å². The van der Waals surface area contributed by atoms with Gasteiger partial charge in [-0.15, -0.1) is 0 Å². The number of hydrogen-bond donors (Lipinski definition) is 0. The summed E-state index contributed by atoms with van der Waals surface area (Å²) >= 11 is 3.31. The van der Waals surface area contributed by atoms with Gasteiger partial charge in [-0.25, -0.2) is 0 Å². The molecule has 0 aromatic rings. The predicted molar refractivity (Wildman–Crippen MR) is 61.3 cm³/mol. The molecule has 0 aromatic carbocycles. The third kappa shape index (κ3) is 6.70. The number of carbonyl (C=O) groups excluding carboxylic acids is 1. The maximum atomic E-state index is 11.3. The Morgan fingerprint density at radius 3 is 1.86 bits per heavy atom. The Morgan fingerprint density at radius 2 is 1.36 bits per heavy atom. The number of rotatable bonds is 0. The van der Waals surface area contributed by atoms with Crippen LogP contribution in [-0.4, -0.2) is 55.2 Å². The number of ether oxygens (including phenoxy) is 2. The van der Waals surface area contributed by atoms with E-state index in [4.69, 9.17) is 9.47 Å². The smallest absolute Gasteiger partial charge is 0.152 e. The average Bonchev–Trinajstić information content (AvgIpc) is 2.20. The molecule has 0 spiro atoms. The molecule has 1 rings (SSSR count). The molecule has 1 aliphatic heterocycles. The van der Waals surface area contributed by atoms with Gasteiger partial charge in [0.1, 0.15) is 0 Å². The van der Waals surface area contributed by atoms with Gasteiger partial charge in [-0.2, -0.15) is 23.5 Å². The second-order valence-electron chi connectivity index (χ2n) is 2.87. The molecular weight excluding hydrogens is 220 g/mol. The summed E-state index contributed by atoms with van der Waals surface area (Å²) in [5.41, 5.74) is 0. The number of hydrogen-bond acceptors (Lipinski definition) is 5. The minimum absolute atomic E-state index is 0.319. The summed E-state index contributed by atoms with van der Waals surface area (Å²) in [6.07, 6.45) is 0. The number of carbonyl (C=O) groups is 1. The van der Waals surface area contributed by atoms with Crippen molar-refractivity contribution >= 4 is 29.3 Å². The zero-order valence-electron chi connectivity index (χ0n) is 8.20. The quantitative estimate of drug-likeness (QED) is 0.628. The lowest BCUT2D eigenvalue weighted by atomic mass is 10.5. The lowest BCUT2D eigenvalue weighted by Gasteiger charge is -2.03. The molecule has 0 bridgehead atoms. The Bertz CT molecular complexity index is 148. The molecular formula is C9H16O3S2. The molecule has 1 heterocycles. The standard InChI is InChI=1S/C9H16O3S2/c10-9-7-13-5-3-11-1-2-12-4-6-14-8-9/h1-8H2. The summed E-state index contributed by atoms with van der Waals surface area (Å²) in [7, 11) is 0. The molecule has 0 aliphatic carbocycles. The van der Waals surface area contributed by atoms with Crippen molar-refractivity contribution in [3.63, 3.8) is 0 Å². The molecule has 14 heavy (non-hydrogen) atoms. The highest BCUT2D eigenvalue weighted by Gasteiger charge is 2.03. The molecule has 0 radical (unpaired) electrons. The Balaban J connectivity index is 2.15.